The summed E-state index contributed by atoms with van der Waals surface area (Å²) in [6.45, 7) is 3.47. The Bertz CT molecular complexity index is 486. The van der Waals surface area contributed by atoms with E-state index in [1.54, 1.807) is 6.07 Å². The maximum Gasteiger partial charge on any atom is 0.251 e. The maximum atomic E-state index is 11.8. The molecule has 1 aliphatic rings. The van der Waals surface area contributed by atoms with Gasteiger partial charge in [-0.25, -0.2) is 0 Å². The van der Waals surface area contributed by atoms with Crippen LogP contribution in [0.4, 0.5) is 11.4 Å². The molecule has 0 unspecified atom stereocenters. The first-order valence-electron chi connectivity index (χ1n) is 7.72. The first kappa shape index (κ1) is 15.6. The number of aliphatic hydroxyl groups is 1. The number of aliphatic hydroxyl groups excluding tert-OH is 1. The molecule has 1 fully saturated rings. The number of nitrogen functional groups attached to an aromatic ring is 1. The summed E-state index contributed by atoms with van der Waals surface area (Å²) in [4.78, 5) is 14.1. The molecule has 0 heterocycles. The number of hydrogen-bond acceptors (Lipinski definition) is 4. The van der Waals surface area contributed by atoms with Crippen LogP contribution in [0.25, 0.3) is 0 Å². The highest BCUT2D eigenvalue weighted by Gasteiger charge is 2.26. The van der Waals surface area contributed by atoms with Crippen LogP contribution in [0.2, 0.25) is 0 Å². The van der Waals surface area contributed by atoms with Gasteiger partial charge in [0.15, 0.2) is 0 Å². The summed E-state index contributed by atoms with van der Waals surface area (Å²) in [5.74, 6) is -0.0960. The Morgan fingerprint density at radius 3 is 2.76 bits per heavy atom. The monoisotopic (exact) mass is 291 g/mol. The van der Waals surface area contributed by atoms with E-state index in [0.717, 1.165) is 18.7 Å². The highest BCUT2D eigenvalue weighted by atomic mass is 16.3. The second kappa shape index (κ2) is 7.31. The number of carbonyl (C=O) groups is 1. The van der Waals surface area contributed by atoms with E-state index in [2.05, 4.69) is 10.2 Å². The van der Waals surface area contributed by atoms with Crippen molar-refractivity contribution in [2.75, 3.05) is 30.3 Å². The quantitative estimate of drug-likeness (QED) is 0.669. The zero-order valence-electron chi connectivity index (χ0n) is 12.6. The average molecular weight is 291 g/mol. The molecule has 2 rings (SSSR count). The molecule has 5 heteroatoms. The van der Waals surface area contributed by atoms with Gasteiger partial charge >= 0.3 is 0 Å². The third kappa shape index (κ3) is 3.67. The van der Waals surface area contributed by atoms with Crippen LogP contribution in [0.15, 0.2) is 18.2 Å². The number of rotatable bonds is 7. The number of nitrogens with two attached hydrogens (primary N) is 1. The second-order valence-electron chi connectivity index (χ2n) is 5.49. The van der Waals surface area contributed by atoms with E-state index < -0.39 is 0 Å². The molecule has 1 aromatic rings. The molecule has 0 saturated heterocycles. The van der Waals surface area contributed by atoms with Crippen LogP contribution in [0.3, 0.4) is 0 Å². The lowest BCUT2D eigenvalue weighted by molar-refractivity contribution is 0.0956. The maximum absolute atomic E-state index is 11.8. The van der Waals surface area contributed by atoms with E-state index in [-0.39, 0.29) is 12.5 Å². The van der Waals surface area contributed by atoms with Crippen molar-refractivity contribution in [2.24, 2.45) is 0 Å². The highest BCUT2D eigenvalue weighted by molar-refractivity contribution is 5.96. The minimum atomic E-state index is -0.0960. The normalized spacial score (nSPS) is 14.6. The molecule has 0 bridgehead atoms. The zero-order chi connectivity index (χ0) is 15.2. The number of benzene rings is 1. The second-order valence-corrected chi connectivity index (χ2v) is 5.49. The van der Waals surface area contributed by atoms with Crippen molar-refractivity contribution < 1.29 is 9.90 Å². The van der Waals surface area contributed by atoms with E-state index in [4.69, 9.17) is 10.8 Å². The third-order valence-electron chi connectivity index (χ3n) is 4.01. The van der Waals surface area contributed by atoms with Crippen LogP contribution in [-0.2, 0) is 0 Å². The van der Waals surface area contributed by atoms with Gasteiger partial charge in [0.05, 0.1) is 11.4 Å². The van der Waals surface area contributed by atoms with Crippen molar-refractivity contribution in [3.8, 4) is 0 Å². The topological polar surface area (TPSA) is 78.6 Å². The van der Waals surface area contributed by atoms with Gasteiger partial charge in [-0.05, 0) is 50.8 Å². The standard InChI is InChI=1S/C16H25N3O2/c1-2-18-16(21)12-7-8-15(14(17)11-12)19(9-4-10-20)13-5-3-6-13/h7-8,11,13,20H,2-6,9-10,17H2,1H3,(H,18,21). The fourth-order valence-electron chi connectivity index (χ4n) is 2.66. The number of anilines is 2. The SMILES string of the molecule is CCNC(=O)c1ccc(N(CCCO)C2CCC2)c(N)c1. The summed E-state index contributed by atoms with van der Waals surface area (Å²) in [7, 11) is 0. The Kier molecular flexibility index (Phi) is 5.44. The Balaban J connectivity index is 2.18. The van der Waals surface area contributed by atoms with Crippen molar-refractivity contribution in [1.82, 2.24) is 5.32 Å². The number of hydrogen-bond donors (Lipinski definition) is 3. The van der Waals surface area contributed by atoms with Crippen molar-refractivity contribution in [2.45, 2.75) is 38.6 Å². The first-order valence-corrected chi connectivity index (χ1v) is 7.72. The molecule has 21 heavy (non-hydrogen) atoms. The van der Waals surface area contributed by atoms with E-state index in [0.29, 0.717) is 23.8 Å². The van der Waals surface area contributed by atoms with Crippen molar-refractivity contribution in [3.05, 3.63) is 23.8 Å². The molecule has 0 radical (unpaired) electrons. The number of carbonyl (C=O) groups excluding carboxylic acids is 1. The minimum absolute atomic E-state index is 0.0960. The number of nitrogens with one attached hydrogen (secondary N) is 1. The third-order valence-corrected chi connectivity index (χ3v) is 4.01. The van der Waals surface area contributed by atoms with Crippen molar-refractivity contribution in [3.63, 3.8) is 0 Å². The van der Waals surface area contributed by atoms with Gasteiger partial charge in [-0.15, -0.1) is 0 Å². The van der Waals surface area contributed by atoms with Gasteiger partial charge in [-0.2, -0.15) is 0 Å². The van der Waals surface area contributed by atoms with Crippen molar-refractivity contribution >= 4 is 17.3 Å². The smallest absolute Gasteiger partial charge is 0.251 e. The van der Waals surface area contributed by atoms with Gasteiger partial charge in [-0.1, -0.05) is 0 Å². The summed E-state index contributed by atoms with van der Waals surface area (Å²) in [6.07, 6.45) is 4.32. The molecular weight excluding hydrogens is 266 g/mol. The van der Waals surface area contributed by atoms with Crippen LogP contribution < -0.4 is 16.0 Å². The molecule has 0 aliphatic heterocycles. The fourth-order valence-corrected chi connectivity index (χ4v) is 2.66. The predicted octanol–water partition coefficient (Wildman–Crippen LogP) is 1.76. The van der Waals surface area contributed by atoms with E-state index in [1.165, 1.54) is 19.3 Å². The Hall–Kier alpha value is -1.75. The molecule has 1 aromatic carbocycles. The Morgan fingerprint density at radius 1 is 1.48 bits per heavy atom. The number of amides is 1. The van der Waals surface area contributed by atoms with Gasteiger partial charge in [0.25, 0.3) is 5.91 Å². The molecule has 1 saturated carbocycles. The van der Waals surface area contributed by atoms with Gasteiger partial charge in [0.1, 0.15) is 0 Å². The Morgan fingerprint density at radius 2 is 2.24 bits per heavy atom. The lowest BCUT2D eigenvalue weighted by atomic mass is 9.90. The minimum Gasteiger partial charge on any atom is -0.397 e. The van der Waals surface area contributed by atoms with Gasteiger partial charge < -0.3 is 21.1 Å². The van der Waals surface area contributed by atoms with Crippen LogP contribution in [-0.4, -0.2) is 36.8 Å². The van der Waals surface area contributed by atoms with Gasteiger partial charge in [0.2, 0.25) is 0 Å². The van der Waals surface area contributed by atoms with Gasteiger partial charge in [0, 0.05) is 31.3 Å². The van der Waals surface area contributed by atoms with Crippen LogP contribution in [0, 0.1) is 0 Å². The lowest BCUT2D eigenvalue weighted by Crippen LogP contribution is -2.41. The summed E-state index contributed by atoms with van der Waals surface area (Å²) in [6, 6.07) is 6.00. The molecule has 0 spiro atoms. The van der Waals surface area contributed by atoms with E-state index in [9.17, 15) is 4.79 Å². The van der Waals surface area contributed by atoms with Crippen LogP contribution in [0.1, 0.15) is 43.0 Å². The first-order chi connectivity index (χ1) is 10.2. The molecule has 0 atom stereocenters. The molecule has 5 nitrogen and oxygen atoms in total. The van der Waals surface area contributed by atoms with Crippen LogP contribution in [0.5, 0.6) is 0 Å². The van der Waals surface area contributed by atoms with E-state index in [1.807, 2.05) is 19.1 Å². The van der Waals surface area contributed by atoms with Crippen LogP contribution >= 0.6 is 0 Å². The van der Waals surface area contributed by atoms with Gasteiger partial charge in [-0.3, -0.25) is 4.79 Å². The molecule has 4 N–H and O–H groups in total. The lowest BCUT2D eigenvalue weighted by Gasteiger charge is -2.40. The molecular formula is C16H25N3O2. The summed E-state index contributed by atoms with van der Waals surface area (Å²) >= 11 is 0. The number of nitrogens with zero attached hydrogens (tertiary/aromatic N) is 1. The fraction of sp³-hybridized carbons (Fsp3) is 0.562. The largest absolute Gasteiger partial charge is 0.397 e. The Labute approximate surface area is 126 Å². The van der Waals surface area contributed by atoms with Crippen molar-refractivity contribution in [1.29, 1.82) is 0 Å². The molecule has 1 aliphatic carbocycles. The molecule has 1 amide bonds. The summed E-state index contributed by atoms with van der Waals surface area (Å²) in [5.41, 5.74) is 8.35. The highest BCUT2D eigenvalue weighted by Crippen LogP contribution is 2.33. The predicted molar refractivity (Wildman–Crippen MR) is 85.5 cm³/mol. The zero-order valence-corrected chi connectivity index (χ0v) is 12.6. The summed E-state index contributed by atoms with van der Waals surface area (Å²) < 4.78 is 0. The summed E-state index contributed by atoms with van der Waals surface area (Å²) in [5, 5.41) is 11.8. The van der Waals surface area contributed by atoms with E-state index >= 15 is 0 Å². The molecule has 116 valence electrons. The molecule has 0 aromatic heterocycles. The average Bonchev–Trinajstić information content (AvgIpc) is 2.41.